The minimum absolute atomic E-state index is 0.236. The monoisotopic (exact) mass is 344 g/mol. The van der Waals surface area contributed by atoms with E-state index in [1.54, 1.807) is 19.3 Å². The standard InChI is InChI=1S/C18H24N4O3/c1-13(14-8-4-7-11-19-14)20-15(23)12-22-16(24)18(21(2)17(22)25)9-5-3-6-10-18/h4,7-8,11,13H,3,5-6,9-10,12H2,1-2H3,(H,20,23)/t13-/m1/s1. The highest BCUT2D eigenvalue weighted by molar-refractivity contribution is 6.08. The minimum atomic E-state index is -0.748. The van der Waals surface area contributed by atoms with Gasteiger partial charge in [-0.1, -0.05) is 25.3 Å². The molecular formula is C18H24N4O3. The van der Waals surface area contributed by atoms with Gasteiger partial charge < -0.3 is 10.2 Å². The summed E-state index contributed by atoms with van der Waals surface area (Å²) in [7, 11) is 1.67. The van der Waals surface area contributed by atoms with Gasteiger partial charge in [0.2, 0.25) is 5.91 Å². The Hall–Kier alpha value is -2.44. The van der Waals surface area contributed by atoms with E-state index in [1.165, 1.54) is 4.90 Å². The van der Waals surface area contributed by atoms with E-state index in [0.717, 1.165) is 29.9 Å². The van der Waals surface area contributed by atoms with Gasteiger partial charge in [-0.2, -0.15) is 0 Å². The molecule has 134 valence electrons. The van der Waals surface area contributed by atoms with Crippen molar-refractivity contribution in [2.75, 3.05) is 13.6 Å². The number of urea groups is 1. The maximum Gasteiger partial charge on any atom is 0.327 e. The maximum atomic E-state index is 12.9. The van der Waals surface area contributed by atoms with Crippen LogP contribution in [0.4, 0.5) is 4.79 Å². The molecule has 1 N–H and O–H groups in total. The van der Waals surface area contributed by atoms with Crippen molar-refractivity contribution >= 4 is 17.8 Å². The van der Waals surface area contributed by atoms with Crippen molar-refractivity contribution in [1.29, 1.82) is 0 Å². The number of likely N-dealkylation sites (N-methyl/N-ethyl adjacent to an activating group) is 1. The SMILES string of the molecule is C[C@@H](NC(=O)CN1C(=O)N(C)C2(CCCCC2)C1=O)c1ccccn1. The van der Waals surface area contributed by atoms with E-state index >= 15 is 0 Å². The summed E-state index contributed by atoms with van der Waals surface area (Å²) in [6, 6.07) is 4.80. The predicted octanol–water partition coefficient (Wildman–Crippen LogP) is 1.86. The Morgan fingerprint density at radius 2 is 2.00 bits per heavy atom. The van der Waals surface area contributed by atoms with E-state index in [-0.39, 0.29) is 30.4 Å². The van der Waals surface area contributed by atoms with Crippen LogP contribution in [0.3, 0.4) is 0 Å². The topological polar surface area (TPSA) is 82.6 Å². The number of nitrogens with one attached hydrogen (secondary N) is 1. The zero-order valence-corrected chi connectivity index (χ0v) is 14.7. The fraction of sp³-hybridized carbons (Fsp3) is 0.556. The third kappa shape index (κ3) is 3.10. The van der Waals surface area contributed by atoms with Gasteiger partial charge in [-0.25, -0.2) is 4.79 Å². The Bertz CT molecular complexity index is 670. The number of hydrogen-bond acceptors (Lipinski definition) is 4. The molecule has 0 radical (unpaired) electrons. The van der Waals surface area contributed by atoms with E-state index in [4.69, 9.17) is 0 Å². The summed E-state index contributed by atoms with van der Waals surface area (Å²) >= 11 is 0. The molecule has 1 aliphatic heterocycles. The zero-order valence-electron chi connectivity index (χ0n) is 14.7. The Balaban J connectivity index is 1.67. The van der Waals surface area contributed by atoms with Crippen molar-refractivity contribution in [2.24, 2.45) is 0 Å². The summed E-state index contributed by atoms with van der Waals surface area (Å²) < 4.78 is 0. The lowest BCUT2D eigenvalue weighted by atomic mass is 9.81. The number of nitrogens with zero attached hydrogens (tertiary/aromatic N) is 3. The average Bonchev–Trinajstić information content (AvgIpc) is 2.79. The summed E-state index contributed by atoms with van der Waals surface area (Å²) in [4.78, 5) is 44.6. The first-order chi connectivity index (χ1) is 12.0. The second-order valence-electron chi connectivity index (χ2n) is 6.87. The van der Waals surface area contributed by atoms with Gasteiger partial charge in [0.15, 0.2) is 0 Å². The van der Waals surface area contributed by atoms with Crippen LogP contribution in [0, 0.1) is 0 Å². The van der Waals surface area contributed by atoms with Gasteiger partial charge in [0.25, 0.3) is 5.91 Å². The van der Waals surface area contributed by atoms with Gasteiger partial charge in [-0.15, -0.1) is 0 Å². The first kappa shape index (κ1) is 17.4. The van der Waals surface area contributed by atoms with E-state index < -0.39 is 5.54 Å². The molecule has 2 heterocycles. The molecule has 0 aromatic carbocycles. The van der Waals surface area contributed by atoms with Crippen LogP contribution in [0.2, 0.25) is 0 Å². The van der Waals surface area contributed by atoms with Crippen LogP contribution >= 0.6 is 0 Å². The molecule has 25 heavy (non-hydrogen) atoms. The molecule has 2 fully saturated rings. The molecule has 1 aromatic heterocycles. The molecule has 7 nitrogen and oxygen atoms in total. The third-order valence-electron chi connectivity index (χ3n) is 5.29. The fourth-order valence-corrected chi connectivity index (χ4v) is 3.81. The lowest BCUT2D eigenvalue weighted by molar-refractivity contribution is -0.137. The molecular weight excluding hydrogens is 320 g/mol. The van der Waals surface area contributed by atoms with Crippen molar-refractivity contribution in [1.82, 2.24) is 20.1 Å². The first-order valence-electron chi connectivity index (χ1n) is 8.76. The van der Waals surface area contributed by atoms with Gasteiger partial charge in [0.1, 0.15) is 12.1 Å². The summed E-state index contributed by atoms with van der Waals surface area (Å²) in [5, 5.41) is 2.80. The smallest absolute Gasteiger partial charge is 0.327 e. The van der Waals surface area contributed by atoms with Crippen LogP contribution in [-0.2, 0) is 9.59 Å². The number of amides is 4. The molecule has 3 rings (SSSR count). The number of pyridine rings is 1. The van der Waals surface area contributed by atoms with Gasteiger partial charge in [-0.3, -0.25) is 19.5 Å². The van der Waals surface area contributed by atoms with Gasteiger partial charge in [-0.05, 0) is 31.9 Å². The van der Waals surface area contributed by atoms with Crippen LogP contribution in [-0.4, -0.2) is 51.8 Å². The van der Waals surface area contributed by atoms with Gasteiger partial charge in [0.05, 0.1) is 11.7 Å². The van der Waals surface area contributed by atoms with E-state index in [9.17, 15) is 14.4 Å². The second kappa shape index (κ2) is 6.82. The molecule has 4 amide bonds. The highest BCUT2D eigenvalue weighted by Crippen LogP contribution is 2.39. The molecule has 1 saturated heterocycles. The number of hydrogen-bond donors (Lipinski definition) is 1. The summed E-state index contributed by atoms with van der Waals surface area (Å²) in [6.07, 6.45) is 5.96. The Morgan fingerprint density at radius 1 is 1.28 bits per heavy atom. The summed E-state index contributed by atoms with van der Waals surface area (Å²) in [5.74, 6) is -0.596. The van der Waals surface area contributed by atoms with E-state index in [0.29, 0.717) is 12.8 Å². The molecule has 1 aromatic rings. The number of aromatic nitrogens is 1. The number of imide groups is 1. The summed E-state index contributed by atoms with van der Waals surface area (Å²) in [5.41, 5.74) is -0.0156. The number of carbonyl (C=O) groups is 3. The Labute approximate surface area is 147 Å². The van der Waals surface area contributed by atoms with Crippen LogP contribution in [0.5, 0.6) is 0 Å². The number of rotatable bonds is 4. The van der Waals surface area contributed by atoms with Gasteiger partial charge >= 0.3 is 6.03 Å². The van der Waals surface area contributed by atoms with Crippen LogP contribution in [0.15, 0.2) is 24.4 Å². The quantitative estimate of drug-likeness (QED) is 0.845. The summed E-state index contributed by atoms with van der Waals surface area (Å²) in [6.45, 7) is 1.57. The van der Waals surface area contributed by atoms with Crippen LogP contribution in [0.1, 0.15) is 50.8 Å². The second-order valence-corrected chi connectivity index (χ2v) is 6.87. The Kier molecular flexibility index (Phi) is 4.74. The third-order valence-corrected chi connectivity index (χ3v) is 5.29. The highest BCUT2D eigenvalue weighted by Gasteiger charge is 2.55. The predicted molar refractivity (Wildman–Crippen MR) is 91.5 cm³/mol. The molecule has 0 unspecified atom stereocenters. The molecule has 1 spiro atoms. The van der Waals surface area contributed by atoms with Crippen molar-refractivity contribution in [3.63, 3.8) is 0 Å². The van der Waals surface area contributed by atoms with Crippen molar-refractivity contribution in [3.8, 4) is 0 Å². The molecule has 1 saturated carbocycles. The first-order valence-corrected chi connectivity index (χ1v) is 8.76. The normalized spacial score (nSPS) is 20.9. The van der Waals surface area contributed by atoms with Gasteiger partial charge in [0, 0.05) is 13.2 Å². The van der Waals surface area contributed by atoms with Crippen molar-refractivity contribution in [2.45, 2.75) is 50.6 Å². The zero-order chi connectivity index (χ0) is 18.0. The minimum Gasteiger partial charge on any atom is -0.346 e. The number of carbonyl (C=O) groups excluding carboxylic acids is 3. The van der Waals surface area contributed by atoms with Crippen molar-refractivity contribution in [3.05, 3.63) is 30.1 Å². The average molecular weight is 344 g/mol. The fourth-order valence-electron chi connectivity index (χ4n) is 3.81. The van der Waals surface area contributed by atoms with E-state index in [1.807, 2.05) is 19.1 Å². The maximum absolute atomic E-state index is 12.9. The Morgan fingerprint density at radius 3 is 2.64 bits per heavy atom. The van der Waals surface area contributed by atoms with Crippen LogP contribution < -0.4 is 5.32 Å². The largest absolute Gasteiger partial charge is 0.346 e. The lowest BCUT2D eigenvalue weighted by Gasteiger charge is -2.35. The molecule has 2 aliphatic rings. The molecule has 0 bridgehead atoms. The van der Waals surface area contributed by atoms with E-state index in [2.05, 4.69) is 10.3 Å². The highest BCUT2D eigenvalue weighted by atomic mass is 16.2. The van der Waals surface area contributed by atoms with Crippen molar-refractivity contribution < 1.29 is 14.4 Å². The lowest BCUT2D eigenvalue weighted by Crippen LogP contribution is -2.49. The molecule has 7 heteroatoms. The van der Waals surface area contributed by atoms with Crippen LogP contribution in [0.25, 0.3) is 0 Å². The molecule has 1 atom stereocenters. The molecule has 1 aliphatic carbocycles.